The zero-order chi connectivity index (χ0) is 19.3. The number of pyridine rings is 1. The van der Waals surface area contributed by atoms with Gasteiger partial charge in [-0.3, -0.25) is 9.59 Å². The minimum absolute atomic E-state index is 0.0826. The van der Waals surface area contributed by atoms with Crippen molar-refractivity contribution in [1.82, 2.24) is 10.0 Å². The lowest BCUT2D eigenvalue weighted by atomic mass is 10.3. The van der Waals surface area contributed by atoms with E-state index in [-0.39, 0.29) is 19.3 Å². The van der Waals surface area contributed by atoms with Gasteiger partial charge in [0.2, 0.25) is 0 Å². The SMILES string of the molecule is O=C(CCCOCCOCCSSc1ccccn1)ON1C(=O)CCC1=O. The van der Waals surface area contributed by atoms with Crippen LogP contribution in [0.25, 0.3) is 0 Å². The van der Waals surface area contributed by atoms with E-state index >= 15 is 0 Å². The second-order valence-electron chi connectivity index (χ2n) is 5.45. The highest BCUT2D eigenvalue weighted by Gasteiger charge is 2.32. The molecule has 0 radical (unpaired) electrons. The number of hydrogen-bond acceptors (Lipinski definition) is 9. The van der Waals surface area contributed by atoms with Gasteiger partial charge in [-0.15, -0.1) is 5.06 Å². The third-order valence-corrected chi connectivity index (χ3v) is 5.56. The average Bonchev–Trinajstić information content (AvgIpc) is 2.99. The molecule has 0 spiro atoms. The van der Waals surface area contributed by atoms with Crippen LogP contribution in [0.5, 0.6) is 0 Å². The van der Waals surface area contributed by atoms with E-state index in [1.807, 2.05) is 18.2 Å². The molecule has 1 aromatic rings. The van der Waals surface area contributed by atoms with Crippen molar-refractivity contribution >= 4 is 39.4 Å². The summed E-state index contributed by atoms with van der Waals surface area (Å²) in [6, 6.07) is 5.80. The molecule has 0 aliphatic carbocycles. The number of carbonyl (C=O) groups excluding carboxylic acids is 3. The van der Waals surface area contributed by atoms with Gasteiger partial charge in [-0.2, -0.15) is 0 Å². The first-order valence-corrected chi connectivity index (χ1v) is 10.9. The van der Waals surface area contributed by atoms with Crippen LogP contribution in [0.4, 0.5) is 0 Å². The lowest BCUT2D eigenvalue weighted by molar-refractivity contribution is -0.197. The molecule has 0 aromatic carbocycles. The average molecular weight is 415 g/mol. The van der Waals surface area contributed by atoms with Crippen LogP contribution < -0.4 is 0 Å². The molecule has 1 fully saturated rings. The second-order valence-corrected chi connectivity index (χ2v) is 7.88. The molecule has 10 heteroatoms. The predicted octanol–water partition coefficient (Wildman–Crippen LogP) is 2.24. The summed E-state index contributed by atoms with van der Waals surface area (Å²) in [5, 5.41) is 1.53. The summed E-state index contributed by atoms with van der Waals surface area (Å²) < 4.78 is 10.8. The molecule has 0 bridgehead atoms. The van der Waals surface area contributed by atoms with Gasteiger partial charge >= 0.3 is 5.97 Å². The Morgan fingerprint density at radius 2 is 1.81 bits per heavy atom. The lowest BCUT2D eigenvalue weighted by Crippen LogP contribution is -2.32. The van der Waals surface area contributed by atoms with E-state index in [2.05, 4.69) is 4.98 Å². The standard InChI is InChI=1S/C17H22N2O6S2/c20-15-6-7-16(21)19(15)25-17(22)5-3-9-23-10-11-24-12-13-26-27-14-4-1-2-8-18-14/h1-2,4,8H,3,5-7,9-13H2. The van der Waals surface area contributed by atoms with Gasteiger partial charge in [0, 0.05) is 31.4 Å². The Kier molecular flexibility index (Phi) is 10.2. The highest BCUT2D eigenvalue weighted by atomic mass is 33.1. The molecule has 0 atom stereocenters. The summed E-state index contributed by atoms with van der Waals surface area (Å²) in [4.78, 5) is 43.2. The number of amides is 2. The molecule has 0 N–H and O–H groups in total. The van der Waals surface area contributed by atoms with Gasteiger partial charge in [-0.05, 0) is 29.3 Å². The summed E-state index contributed by atoms with van der Waals surface area (Å²) in [6.45, 7) is 1.93. The maximum absolute atomic E-state index is 11.6. The van der Waals surface area contributed by atoms with E-state index < -0.39 is 17.8 Å². The Labute approximate surface area is 165 Å². The van der Waals surface area contributed by atoms with Crippen molar-refractivity contribution in [1.29, 1.82) is 0 Å². The van der Waals surface area contributed by atoms with Crippen LogP contribution in [0.1, 0.15) is 25.7 Å². The van der Waals surface area contributed by atoms with Gasteiger partial charge in [-0.1, -0.05) is 16.9 Å². The van der Waals surface area contributed by atoms with E-state index in [9.17, 15) is 14.4 Å². The predicted molar refractivity (Wildman–Crippen MR) is 101 cm³/mol. The fourth-order valence-electron chi connectivity index (χ4n) is 2.04. The number of hydrogen-bond donors (Lipinski definition) is 0. The Bertz CT molecular complexity index is 601. The molecular formula is C17H22N2O6S2. The van der Waals surface area contributed by atoms with Gasteiger partial charge in [0.25, 0.3) is 11.8 Å². The summed E-state index contributed by atoms with van der Waals surface area (Å²) in [5.41, 5.74) is 0. The molecule has 2 amide bonds. The molecule has 27 heavy (non-hydrogen) atoms. The molecule has 0 unspecified atom stereocenters. The van der Waals surface area contributed by atoms with E-state index in [0.29, 0.717) is 37.9 Å². The molecular weight excluding hydrogens is 392 g/mol. The maximum Gasteiger partial charge on any atom is 0.333 e. The maximum atomic E-state index is 11.6. The van der Waals surface area contributed by atoms with Crippen LogP contribution in [-0.2, 0) is 28.7 Å². The Hall–Kier alpha value is -1.62. The minimum Gasteiger partial charge on any atom is -0.379 e. The number of aromatic nitrogens is 1. The first-order valence-electron chi connectivity index (χ1n) is 8.59. The minimum atomic E-state index is -0.610. The third kappa shape index (κ3) is 8.74. The van der Waals surface area contributed by atoms with E-state index in [1.165, 1.54) is 0 Å². The normalized spacial score (nSPS) is 14.0. The van der Waals surface area contributed by atoms with Crippen molar-refractivity contribution in [2.45, 2.75) is 30.7 Å². The van der Waals surface area contributed by atoms with Crippen molar-refractivity contribution < 1.29 is 28.7 Å². The van der Waals surface area contributed by atoms with Crippen LogP contribution in [0, 0.1) is 0 Å². The zero-order valence-corrected chi connectivity index (χ0v) is 16.5. The zero-order valence-electron chi connectivity index (χ0n) is 14.8. The van der Waals surface area contributed by atoms with Crippen molar-refractivity contribution in [3.8, 4) is 0 Å². The molecule has 1 saturated heterocycles. The van der Waals surface area contributed by atoms with Crippen LogP contribution >= 0.6 is 21.6 Å². The van der Waals surface area contributed by atoms with Crippen molar-refractivity contribution in [3.63, 3.8) is 0 Å². The molecule has 1 aliphatic rings. The molecule has 8 nitrogen and oxygen atoms in total. The highest BCUT2D eigenvalue weighted by molar-refractivity contribution is 8.76. The number of carbonyl (C=O) groups is 3. The molecule has 1 aliphatic heterocycles. The van der Waals surface area contributed by atoms with Crippen molar-refractivity contribution in [3.05, 3.63) is 24.4 Å². The Balaban J connectivity index is 1.37. The smallest absolute Gasteiger partial charge is 0.333 e. The number of hydroxylamine groups is 2. The lowest BCUT2D eigenvalue weighted by Gasteiger charge is -2.12. The van der Waals surface area contributed by atoms with Crippen LogP contribution in [0.3, 0.4) is 0 Å². The third-order valence-electron chi connectivity index (χ3n) is 3.33. The fraction of sp³-hybridized carbons (Fsp3) is 0.529. The summed E-state index contributed by atoms with van der Waals surface area (Å²) in [7, 11) is 3.29. The van der Waals surface area contributed by atoms with Crippen LogP contribution in [0.15, 0.2) is 29.4 Å². The van der Waals surface area contributed by atoms with E-state index in [4.69, 9.17) is 14.3 Å². The van der Waals surface area contributed by atoms with Crippen molar-refractivity contribution in [2.75, 3.05) is 32.2 Å². The molecule has 1 aromatic heterocycles. The van der Waals surface area contributed by atoms with Gasteiger partial charge < -0.3 is 14.3 Å². The highest BCUT2D eigenvalue weighted by Crippen LogP contribution is 2.28. The Morgan fingerprint density at radius 3 is 2.52 bits per heavy atom. The number of ether oxygens (including phenoxy) is 2. The topological polar surface area (TPSA) is 95.0 Å². The van der Waals surface area contributed by atoms with Gasteiger partial charge in [-0.25, -0.2) is 9.78 Å². The summed E-state index contributed by atoms with van der Waals surface area (Å²) >= 11 is 0. The largest absolute Gasteiger partial charge is 0.379 e. The van der Waals surface area contributed by atoms with E-state index in [1.54, 1.807) is 27.8 Å². The summed E-state index contributed by atoms with van der Waals surface area (Å²) in [6.07, 6.45) is 2.48. The number of imide groups is 1. The van der Waals surface area contributed by atoms with E-state index in [0.717, 1.165) is 10.8 Å². The molecule has 0 saturated carbocycles. The van der Waals surface area contributed by atoms with Gasteiger partial charge in [0.05, 0.1) is 26.2 Å². The van der Waals surface area contributed by atoms with Crippen molar-refractivity contribution in [2.24, 2.45) is 0 Å². The molecule has 2 heterocycles. The van der Waals surface area contributed by atoms with Gasteiger partial charge in [0.15, 0.2) is 0 Å². The molecule has 148 valence electrons. The fourth-order valence-corrected chi connectivity index (χ4v) is 3.78. The van der Waals surface area contributed by atoms with Crippen LogP contribution in [-0.4, -0.2) is 60.0 Å². The first kappa shape index (κ1) is 21.7. The monoisotopic (exact) mass is 414 g/mol. The number of rotatable bonds is 13. The van der Waals surface area contributed by atoms with Crippen LogP contribution in [0.2, 0.25) is 0 Å². The number of nitrogens with zero attached hydrogens (tertiary/aromatic N) is 2. The Morgan fingerprint density at radius 1 is 1.07 bits per heavy atom. The second kappa shape index (κ2) is 12.7. The molecule has 2 rings (SSSR count). The van der Waals surface area contributed by atoms with Gasteiger partial charge in [0.1, 0.15) is 5.03 Å². The quantitative estimate of drug-likeness (QED) is 0.273. The summed E-state index contributed by atoms with van der Waals surface area (Å²) in [5.74, 6) is -0.710. The first-order chi connectivity index (χ1) is 13.2.